The molecule has 0 aromatic rings. The number of hydrogen-bond donors (Lipinski definition) is 4. The van der Waals surface area contributed by atoms with E-state index in [9.17, 15) is 28.8 Å². The van der Waals surface area contributed by atoms with Gasteiger partial charge < -0.3 is 30.9 Å². The molecule has 1 aliphatic carbocycles. The minimum atomic E-state index is -1.13. The predicted octanol–water partition coefficient (Wildman–Crippen LogP) is 1.68. The van der Waals surface area contributed by atoms with Crippen LogP contribution >= 0.6 is 0 Å². The molecule has 0 aromatic heterocycles. The van der Waals surface area contributed by atoms with Crippen LogP contribution in [0.2, 0.25) is 0 Å². The third-order valence-electron chi connectivity index (χ3n) is 7.82. The Morgan fingerprint density at radius 3 is 2.17 bits per heavy atom. The number of piperidine rings is 1. The molecule has 2 rings (SSSR count). The fourth-order valence-corrected chi connectivity index (χ4v) is 5.52. The van der Waals surface area contributed by atoms with Gasteiger partial charge in [-0.15, -0.1) is 6.58 Å². The zero-order valence-corrected chi connectivity index (χ0v) is 26.5. The highest BCUT2D eigenvalue weighted by Gasteiger charge is 2.70. The second kappa shape index (κ2) is 13.2. The first-order chi connectivity index (χ1) is 19.3. The summed E-state index contributed by atoms with van der Waals surface area (Å²) in [6.07, 6.45) is 1.45. The van der Waals surface area contributed by atoms with Gasteiger partial charge in [0.1, 0.15) is 17.7 Å². The Hall–Kier alpha value is -3.44. The molecule has 42 heavy (non-hydrogen) atoms. The average molecular weight is 592 g/mol. The van der Waals surface area contributed by atoms with Crippen LogP contribution in [0.25, 0.3) is 0 Å². The molecule has 2 fully saturated rings. The van der Waals surface area contributed by atoms with Gasteiger partial charge in [0.2, 0.25) is 23.5 Å². The van der Waals surface area contributed by atoms with E-state index >= 15 is 0 Å². The van der Waals surface area contributed by atoms with E-state index in [4.69, 9.17) is 4.74 Å². The van der Waals surface area contributed by atoms with Gasteiger partial charge in [0.25, 0.3) is 5.91 Å². The topological polar surface area (TPSA) is 163 Å². The van der Waals surface area contributed by atoms with Crippen LogP contribution in [0, 0.1) is 22.7 Å². The maximum atomic E-state index is 14.0. The Kier molecular flexibility index (Phi) is 11.0. The van der Waals surface area contributed by atoms with E-state index in [-0.39, 0.29) is 30.2 Å². The highest BCUT2D eigenvalue weighted by Crippen LogP contribution is 2.65. The normalized spacial score (nSPS) is 22.1. The van der Waals surface area contributed by atoms with Gasteiger partial charge in [-0.2, -0.15) is 0 Å². The van der Waals surface area contributed by atoms with Gasteiger partial charge in [-0.25, -0.2) is 4.79 Å². The summed E-state index contributed by atoms with van der Waals surface area (Å²) in [5, 5.41) is 10.2. The number of nitrogens with one attached hydrogen (secondary N) is 4. The Bertz CT molecular complexity index is 1090. The lowest BCUT2D eigenvalue weighted by Crippen LogP contribution is -2.60. The molecule has 1 aliphatic heterocycles. The van der Waals surface area contributed by atoms with Crippen molar-refractivity contribution in [2.75, 3.05) is 19.6 Å². The first-order valence-electron chi connectivity index (χ1n) is 14.6. The Labute approximate surface area is 249 Å². The van der Waals surface area contributed by atoms with Crippen LogP contribution in [0.15, 0.2) is 12.7 Å². The van der Waals surface area contributed by atoms with Crippen LogP contribution in [0.4, 0.5) is 4.79 Å². The first kappa shape index (κ1) is 34.8. The van der Waals surface area contributed by atoms with Crippen molar-refractivity contribution >= 4 is 35.5 Å². The number of nitrogens with zero attached hydrogens (tertiary/aromatic N) is 1. The molecule has 2 unspecified atom stereocenters. The number of carbonyl (C=O) groups excluding carboxylic acids is 6. The molecule has 236 valence electrons. The second-order valence-corrected chi connectivity index (χ2v) is 13.8. The first-order valence-corrected chi connectivity index (χ1v) is 14.6. The number of amides is 5. The van der Waals surface area contributed by atoms with Gasteiger partial charge in [-0.3, -0.25) is 24.0 Å². The maximum Gasteiger partial charge on any atom is 0.408 e. The van der Waals surface area contributed by atoms with Gasteiger partial charge in [-0.1, -0.05) is 54.0 Å². The number of Topliss-reactive ketones (excluding diaryl/α,β-unsaturated/α-hetero) is 1. The molecular formula is C30H49N5O7. The Morgan fingerprint density at radius 2 is 1.64 bits per heavy atom. The molecule has 12 nitrogen and oxygen atoms in total. The summed E-state index contributed by atoms with van der Waals surface area (Å²) < 4.78 is 5.39. The minimum absolute atomic E-state index is 0.0667. The molecule has 4 N–H and O–H groups in total. The molecule has 0 radical (unpaired) electrons. The number of ether oxygens (including phenoxy) is 1. The third-order valence-corrected chi connectivity index (χ3v) is 7.82. The van der Waals surface area contributed by atoms with E-state index in [0.29, 0.717) is 13.0 Å². The largest absolute Gasteiger partial charge is 0.444 e. The number of likely N-dealkylation sites (tertiary alicyclic amines) is 1. The summed E-state index contributed by atoms with van der Waals surface area (Å²) in [5.41, 5.74) is -1.66. The molecule has 12 heteroatoms. The van der Waals surface area contributed by atoms with Crippen molar-refractivity contribution in [2.24, 2.45) is 22.7 Å². The van der Waals surface area contributed by atoms with E-state index in [1.165, 1.54) is 11.0 Å². The van der Waals surface area contributed by atoms with Gasteiger partial charge in [0, 0.05) is 13.1 Å². The maximum absolute atomic E-state index is 14.0. The number of ketones is 1. The van der Waals surface area contributed by atoms with Crippen LogP contribution in [-0.4, -0.2) is 83.8 Å². The Balaban J connectivity index is 2.24. The molecule has 1 heterocycles. The van der Waals surface area contributed by atoms with E-state index in [0.717, 1.165) is 0 Å². The molecule has 0 bridgehead atoms. The van der Waals surface area contributed by atoms with Crippen LogP contribution in [-0.2, 0) is 28.7 Å². The number of hydrogen-bond acceptors (Lipinski definition) is 7. The zero-order chi connectivity index (χ0) is 32.2. The number of alkyl carbamates (subject to hydrolysis) is 1. The lowest BCUT2D eigenvalue weighted by atomic mass is 9.85. The molecule has 5 atom stereocenters. The predicted molar refractivity (Wildman–Crippen MR) is 157 cm³/mol. The van der Waals surface area contributed by atoms with Crippen LogP contribution < -0.4 is 21.3 Å². The fraction of sp³-hybridized carbons (Fsp3) is 0.733. The van der Waals surface area contributed by atoms with E-state index < -0.39 is 71.2 Å². The second-order valence-electron chi connectivity index (χ2n) is 13.8. The molecule has 2 aliphatic rings. The molecule has 0 spiro atoms. The zero-order valence-electron chi connectivity index (χ0n) is 26.5. The van der Waals surface area contributed by atoms with E-state index in [1.54, 1.807) is 20.8 Å². The number of carbonyl (C=O) groups is 6. The van der Waals surface area contributed by atoms with Crippen LogP contribution in [0.3, 0.4) is 0 Å². The molecule has 1 saturated carbocycles. The summed E-state index contributed by atoms with van der Waals surface area (Å²) in [6, 6.07) is -2.99. The Morgan fingerprint density at radius 1 is 1.02 bits per heavy atom. The summed E-state index contributed by atoms with van der Waals surface area (Å²) in [7, 11) is 0. The van der Waals surface area contributed by atoms with Crippen molar-refractivity contribution in [3.63, 3.8) is 0 Å². The van der Waals surface area contributed by atoms with Crippen LogP contribution in [0.1, 0.15) is 75.2 Å². The summed E-state index contributed by atoms with van der Waals surface area (Å²) >= 11 is 0. The lowest BCUT2D eigenvalue weighted by molar-refractivity contribution is -0.145. The van der Waals surface area contributed by atoms with Crippen molar-refractivity contribution in [1.29, 1.82) is 0 Å². The van der Waals surface area contributed by atoms with E-state index in [2.05, 4.69) is 27.8 Å². The molecule has 1 saturated heterocycles. The number of fused-ring (bicyclic) bond motifs is 1. The lowest BCUT2D eigenvalue weighted by Gasteiger charge is -2.38. The minimum Gasteiger partial charge on any atom is -0.444 e. The summed E-state index contributed by atoms with van der Waals surface area (Å²) in [5.74, 6) is -3.37. The van der Waals surface area contributed by atoms with Crippen LogP contribution in [0.5, 0.6) is 0 Å². The van der Waals surface area contributed by atoms with Gasteiger partial charge >= 0.3 is 6.09 Å². The van der Waals surface area contributed by atoms with Crippen molar-refractivity contribution < 1.29 is 33.5 Å². The fourth-order valence-electron chi connectivity index (χ4n) is 5.52. The van der Waals surface area contributed by atoms with Gasteiger partial charge in [-0.05, 0) is 49.9 Å². The van der Waals surface area contributed by atoms with Gasteiger partial charge in [0.15, 0.2) is 0 Å². The quantitative estimate of drug-likeness (QED) is 0.198. The molecular weight excluding hydrogens is 542 g/mol. The third kappa shape index (κ3) is 8.54. The highest BCUT2D eigenvalue weighted by atomic mass is 16.6. The van der Waals surface area contributed by atoms with Crippen molar-refractivity contribution in [3.05, 3.63) is 12.7 Å². The molecule has 0 aromatic carbocycles. The molecule has 5 amide bonds. The van der Waals surface area contributed by atoms with E-state index in [1.807, 2.05) is 41.5 Å². The monoisotopic (exact) mass is 591 g/mol. The highest BCUT2D eigenvalue weighted by molar-refractivity contribution is 6.38. The van der Waals surface area contributed by atoms with Crippen molar-refractivity contribution in [3.8, 4) is 0 Å². The number of rotatable bonds is 12. The standard InChI is InChI=1S/C30H49N5O7/c1-11-13-18(22(37)25(39)32-15-19(36)31-14-12-2)33-24(38)21-20-17(30(20,9)10)16-35(21)26(40)23(28(3,4)5)34-27(41)42-29(6,7)8/h12,17-18,20-21,23H,2,11,13-16H2,1,3-10H3,(H,31,36)(H,32,39)(H,33,38)(H,34,41)/t17?,18?,20-,21-,23+/m0/s1. The summed E-state index contributed by atoms with van der Waals surface area (Å²) in [4.78, 5) is 79.3. The smallest absolute Gasteiger partial charge is 0.408 e. The summed E-state index contributed by atoms with van der Waals surface area (Å²) in [6.45, 7) is 20.1. The SMILES string of the molecule is C=CCNC(=O)CNC(=O)C(=O)C(CCC)NC(=O)[C@@H]1[C@@H]2C(CN1C(=O)[C@@H](NC(=O)OC(C)(C)C)C(C)(C)C)C2(C)C. The average Bonchev–Trinajstić information content (AvgIpc) is 3.19. The van der Waals surface area contributed by atoms with Crippen molar-refractivity contribution in [2.45, 2.75) is 98.9 Å². The van der Waals surface area contributed by atoms with Crippen molar-refractivity contribution in [1.82, 2.24) is 26.2 Å². The van der Waals surface area contributed by atoms with Gasteiger partial charge in [0.05, 0.1) is 12.6 Å².